The maximum Gasteiger partial charge on any atom is 0.258 e. The van der Waals surface area contributed by atoms with Crippen molar-refractivity contribution in [2.75, 3.05) is 11.9 Å². The molecule has 0 aliphatic carbocycles. The highest BCUT2D eigenvalue weighted by Gasteiger charge is 2.13. The Morgan fingerprint density at radius 2 is 1.74 bits per heavy atom. The van der Waals surface area contributed by atoms with Gasteiger partial charge in [-0.15, -0.1) is 11.3 Å². The largest absolute Gasteiger partial charge is 0.488 e. The highest BCUT2D eigenvalue weighted by atomic mass is 32.1. The highest BCUT2D eigenvalue weighted by molar-refractivity contribution is 7.09. The molecule has 4 heteroatoms. The van der Waals surface area contributed by atoms with Gasteiger partial charge in [-0.2, -0.15) is 0 Å². The monoisotopic (exact) mass is 323 g/mol. The highest BCUT2D eigenvalue weighted by Crippen LogP contribution is 2.19. The van der Waals surface area contributed by atoms with Crippen molar-refractivity contribution in [2.24, 2.45) is 0 Å². The minimum absolute atomic E-state index is 0.0407. The van der Waals surface area contributed by atoms with Gasteiger partial charge in [-0.05, 0) is 47.8 Å². The second kappa shape index (κ2) is 7.11. The Morgan fingerprint density at radius 3 is 2.39 bits per heavy atom. The Kier molecular flexibility index (Phi) is 4.74. The van der Waals surface area contributed by atoms with Crippen LogP contribution in [0.3, 0.4) is 0 Å². The van der Waals surface area contributed by atoms with Gasteiger partial charge in [0.05, 0.1) is 0 Å². The fraction of sp³-hybridized carbons (Fsp3) is 0.105. The third kappa shape index (κ3) is 3.79. The van der Waals surface area contributed by atoms with Crippen LogP contribution < -0.4 is 9.64 Å². The predicted octanol–water partition coefficient (Wildman–Crippen LogP) is 4.60. The molecular formula is C19H17NO2S. The fourth-order valence-corrected chi connectivity index (χ4v) is 2.82. The molecule has 0 bridgehead atoms. The molecule has 0 aliphatic heterocycles. The number of carbonyl (C=O) groups excluding carboxylic acids is 1. The zero-order chi connectivity index (χ0) is 16.1. The second-order valence-electron chi connectivity index (χ2n) is 5.09. The zero-order valence-corrected chi connectivity index (χ0v) is 13.6. The summed E-state index contributed by atoms with van der Waals surface area (Å²) in [5.74, 6) is 0.721. The van der Waals surface area contributed by atoms with Crippen molar-refractivity contribution in [1.29, 1.82) is 0 Å². The summed E-state index contributed by atoms with van der Waals surface area (Å²) in [7, 11) is 1.78. The first-order chi connectivity index (χ1) is 11.2. The number of rotatable bonds is 5. The molecular weight excluding hydrogens is 306 g/mol. The summed E-state index contributed by atoms with van der Waals surface area (Å²) >= 11 is 1.67. The van der Waals surface area contributed by atoms with Crippen LogP contribution in [0.25, 0.3) is 0 Å². The number of amides is 1. The number of anilines is 1. The van der Waals surface area contributed by atoms with Crippen molar-refractivity contribution in [3.05, 3.63) is 82.6 Å². The summed E-state index contributed by atoms with van der Waals surface area (Å²) in [6, 6.07) is 20.9. The Balaban J connectivity index is 1.65. The number of para-hydroxylation sites is 1. The summed E-state index contributed by atoms with van der Waals surface area (Å²) in [5, 5.41) is 2.03. The molecule has 0 aliphatic rings. The summed E-state index contributed by atoms with van der Waals surface area (Å²) in [5.41, 5.74) is 1.51. The molecule has 3 nitrogen and oxygen atoms in total. The molecule has 23 heavy (non-hydrogen) atoms. The third-order valence-corrected chi connectivity index (χ3v) is 4.36. The number of hydrogen-bond donors (Lipinski definition) is 0. The lowest BCUT2D eigenvalue weighted by Gasteiger charge is -2.17. The van der Waals surface area contributed by atoms with Gasteiger partial charge in [-0.1, -0.05) is 24.3 Å². The van der Waals surface area contributed by atoms with Crippen LogP contribution in [0.1, 0.15) is 15.2 Å². The molecule has 0 spiro atoms. The number of thiophene rings is 1. The van der Waals surface area contributed by atoms with Crippen molar-refractivity contribution >= 4 is 22.9 Å². The number of benzene rings is 2. The molecule has 2 aromatic carbocycles. The van der Waals surface area contributed by atoms with Gasteiger partial charge in [0.25, 0.3) is 5.91 Å². The molecule has 0 unspecified atom stereocenters. The van der Waals surface area contributed by atoms with Gasteiger partial charge < -0.3 is 9.64 Å². The van der Waals surface area contributed by atoms with E-state index in [1.807, 2.05) is 60.0 Å². The Bertz CT molecular complexity index is 752. The maximum atomic E-state index is 12.5. The van der Waals surface area contributed by atoms with Crippen LogP contribution >= 0.6 is 11.3 Å². The molecule has 0 saturated carbocycles. The average Bonchev–Trinajstić information content (AvgIpc) is 3.13. The van der Waals surface area contributed by atoms with Gasteiger partial charge in [0.2, 0.25) is 0 Å². The van der Waals surface area contributed by atoms with E-state index in [4.69, 9.17) is 4.74 Å². The van der Waals surface area contributed by atoms with Crippen LogP contribution in [0.4, 0.5) is 5.69 Å². The Morgan fingerprint density at radius 1 is 1.00 bits per heavy atom. The molecule has 0 saturated heterocycles. The topological polar surface area (TPSA) is 29.5 Å². The molecule has 116 valence electrons. The molecule has 0 N–H and O–H groups in total. The van der Waals surface area contributed by atoms with Crippen molar-refractivity contribution in [1.82, 2.24) is 0 Å². The second-order valence-corrected chi connectivity index (χ2v) is 6.12. The smallest absolute Gasteiger partial charge is 0.258 e. The number of hydrogen-bond acceptors (Lipinski definition) is 3. The molecule has 0 fully saturated rings. The van der Waals surface area contributed by atoms with Gasteiger partial charge in [-0.25, -0.2) is 0 Å². The first-order valence-electron chi connectivity index (χ1n) is 7.32. The van der Waals surface area contributed by atoms with E-state index in [1.165, 1.54) is 4.88 Å². The Labute approximate surface area is 139 Å². The lowest BCUT2D eigenvalue weighted by Crippen LogP contribution is -2.25. The lowest BCUT2D eigenvalue weighted by atomic mass is 10.2. The van der Waals surface area contributed by atoms with Crippen LogP contribution in [0.2, 0.25) is 0 Å². The molecule has 0 radical (unpaired) electrons. The fourth-order valence-electron chi connectivity index (χ4n) is 2.21. The van der Waals surface area contributed by atoms with E-state index >= 15 is 0 Å². The van der Waals surface area contributed by atoms with Crippen molar-refractivity contribution < 1.29 is 9.53 Å². The van der Waals surface area contributed by atoms with Crippen molar-refractivity contribution in [3.8, 4) is 5.75 Å². The van der Waals surface area contributed by atoms with Crippen LogP contribution in [0.5, 0.6) is 5.75 Å². The van der Waals surface area contributed by atoms with E-state index in [9.17, 15) is 4.79 Å². The minimum atomic E-state index is -0.0407. The quantitative estimate of drug-likeness (QED) is 0.686. The third-order valence-electron chi connectivity index (χ3n) is 3.51. The predicted molar refractivity (Wildman–Crippen MR) is 94.3 cm³/mol. The summed E-state index contributed by atoms with van der Waals surface area (Å²) in [4.78, 5) is 15.3. The summed E-state index contributed by atoms with van der Waals surface area (Å²) in [6.45, 7) is 0.550. The van der Waals surface area contributed by atoms with E-state index in [2.05, 4.69) is 0 Å². The van der Waals surface area contributed by atoms with Crippen LogP contribution in [-0.4, -0.2) is 13.0 Å². The first-order valence-corrected chi connectivity index (χ1v) is 8.20. The molecule has 0 atom stereocenters. The SMILES string of the molecule is CN(C(=O)c1ccc(OCc2cccs2)cc1)c1ccccc1. The normalized spacial score (nSPS) is 10.3. The van der Waals surface area contributed by atoms with Crippen LogP contribution in [-0.2, 0) is 6.61 Å². The summed E-state index contributed by atoms with van der Waals surface area (Å²) < 4.78 is 5.72. The van der Waals surface area contributed by atoms with Gasteiger partial charge >= 0.3 is 0 Å². The molecule has 1 aromatic heterocycles. The van der Waals surface area contributed by atoms with Gasteiger partial charge in [0.1, 0.15) is 12.4 Å². The number of ether oxygens (including phenoxy) is 1. The standard InChI is InChI=1S/C19H17NO2S/c1-20(16-6-3-2-4-7-16)19(21)15-9-11-17(12-10-15)22-14-18-8-5-13-23-18/h2-13H,14H2,1H3. The molecule has 1 heterocycles. The van der Waals surface area contributed by atoms with E-state index in [0.717, 1.165) is 11.4 Å². The Hall–Kier alpha value is -2.59. The first kappa shape index (κ1) is 15.3. The molecule has 3 rings (SSSR count). The lowest BCUT2D eigenvalue weighted by molar-refractivity contribution is 0.0993. The van der Waals surface area contributed by atoms with E-state index in [0.29, 0.717) is 12.2 Å². The number of carbonyl (C=O) groups is 1. The van der Waals surface area contributed by atoms with Crippen LogP contribution in [0.15, 0.2) is 72.1 Å². The molecule has 1 amide bonds. The molecule has 3 aromatic rings. The van der Waals surface area contributed by atoms with Crippen molar-refractivity contribution in [2.45, 2.75) is 6.61 Å². The van der Waals surface area contributed by atoms with E-state index in [1.54, 1.807) is 35.4 Å². The van der Waals surface area contributed by atoms with E-state index in [-0.39, 0.29) is 5.91 Å². The van der Waals surface area contributed by atoms with Crippen molar-refractivity contribution in [3.63, 3.8) is 0 Å². The minimum Gasteiger partial charge on any atom is -0.488 e. The van der Waals surface area contributed by atoms with Crippen LogP contribution in [0, 0.1) is 0 Å². The van der Waals surface area contributed by atoms with Gasteiger partial charge in [0, 0.05) is 23.2 Å². The van der Waals surface area contributed by atoms with Gasteiger partial charge in [-0.3, -0.25) is 4.79 Å². The van der Waals surface area contributed by atoms with E-state index < -0.39 is 0 Å². The maximum absolute atomic E-state index is 12.5. The van der Waals surface area contributed by atoms with Gasteiger partial charge in [0.15, 0.2) is 0 Å². The summed E-state index contributed by atoms with van der Waals surface area (Å²) in [6.07, 6.45) is 0. The average molecular weight is 323 g/mol. The number of nitrogens with zero attached hydrogens (tertiary/aromatic N) is 1. The zero-order valence-electron chi connectivity index (χ0n) is 12.8.